The predicted molar refractivity (Wildman–Crippen MR) is 69.2 cm³/mol. The summed E-state index contributed by atoms with van der Waals surface area (Å²) < 4.78 is 14.4. The van der Waals surface area contributed by atoms with Gasteiger partial charge in [-0.15, -0.1) is 0 Å². The van der Waals surface area contributed by atoms with Gasteiger partial charge in [-0.05, 0) is 34.8 Å². The van der Waals surface area contributed by atoms with E-state index in [1.54, 1.807) is 6.20 Å². The SMILES string of the molecule is CCC(C)CN(CC)c1ncc(Br)cc1F. The molecule has 0 aliphatic heterocycles. The van der Waals surface area contributed by atoms with Crippen LogP contribution in [0.4, 0.5) is 10.2 Å². The van der Waals surface area contributed by atoms with Crippen LogP contribution in [0.2, 0.25) is 0 Å². The summed E-state index contributed by atoms with van der Waals surface area (Å²) in [5.74, 6) is 0.732. The van der Waals surface area contributed by atoms with Crippen molar-refractivity contribution in [1.29, 1.82) is 0 Å². The lowest BCUT2D eigenvalue weighted by atomic mass is 10.1. The molecule has 1 rings (SSSR count). The van der Waals surface area contributed by atoms with Crippen LogP contribution in [0.15, 0.2) is 16.7 Å². The smallest absolute Gasteiger partial charge is 0.166 e. The van der Waals surface area contributed by atoms with Crippen LogP contribution in [0.3, 0.4) is 0 Å². The van der Waals surface area contributed by atoms with Gasteiger partial charge < -0.3 is 4.90 Å². The average molecular weight is 289 g/mol. The first kappa shape index (κ1) is 13.4. The van der Waals surface area contributed by atoms with Gasteiger partial charge in [-0.1, -0.05) is 20.3 Å². The van der Waals surface area contributed by atoms with E-state index < -0.39 is 0 Å². The zero-order chi connectivity index (χ0) is 12.1. The maximum Gasteiger partial charge on any atom is 0.166 e. The average Bonchev–Trinajstić information content (AvgIpc) is 2.26. The summed E-state index contributed by atoms with van der Waals surface area (Å²) in [4.78, 5) is 6.12. The Bertz CT molecular complexity index is 344. The topological polar surface area (TPSA) is 16.1 Å². The molecule has 0 radical (unpaired) electrons. The van der Waals surface area contributed by atoms with Crippen LogP contribution in [-0.4, -0.2) is 18.1 Å². The molecule has 1 atom stereocenters. The Kier molecular flexibility index (Phi) is 5.19. The summed E-state index contributed by atoms with van der Waals surface area (Å²) in [5.41, 5.74) is 0. The molecule has 0 spiro atoms. The summed E-state index contributed by atoms with van der Waals surface area (Å²) in [6, 6.07) is 1.46. The summed E-state index contributed by atoms with van der Waals surface area (Å²) in [6.45, 7) is 7.95. The van der Waals surface area contributed by atoms with Crippen LogP contribution in [0.25, 0.3) is 0 Å². The van der Waals surface area contributed by atoms with Gasteiger partial charge in [-0.2, -0.15) is 0 Å². The van der Waals surface area contributed by atoms with Gasteiger partial charge in [0.05, 0.1) is 0 Å². The van der Waals surface area contributed by atoms with Crippen molar-refractivity contribution in [2.75, 3.05) is 18.0 Å². The molecule has 2 nitrogen and oxygen atoms in total. The summed E-state index contributed by atoms with van der Waals surface area (Å²) >= 11 is 3.21. The Balaban J connectivity index is 2.86. The first-order chi connectivity index (χ1) is 7.58. The number of aromatic nitrogens is 1. The normalized spacial score (nSPS) is 12.6. The quantitative estimate of drug-likeness (QED) is 0.818. The molecule has 0 aromatic carbocycles. The van der Waals surface area contributed by atoms with Crippen molar-refractivity contribution in [3.8, 4) is 0 Å². The van der Waals surface area contributed by atoms with E-state index in [0.717, 1.165) is 19.5 Å². The van der Waals surface area contributed by atoms with Crippen LogP contribution >= 0.6 is 15.9 Å². The predicted octanol–water partition coefficient (Wildman–Crippen LogP) is 3.86. The number of anilines is 1. The van der Waals surface area contributed by atoms with E-state index in [0.29, 0.717) is 16.2 Å². The van der Waals surface area contributed by atoms with Crippen LogP contribution < -0.4 is 4.90 Å². The Labute approximate surface area is 105 Å². The van der Waals surface area contributed by atoms with Crippen molar-refractivity contribution in [3.05, 3.63) is 22.6 Å². The molecule has 0 aliphatic rings. The highest BCUT2D eigenvalue weighted by Crippen LogP contribution is 2.21. The Morgan fingerprint density at radius 2 is 2.19 bits per heavy atom. The van der Waals surface area contributed by atoms with E-state index in [4.69, 9.17) is 0 Å². The van der Waals surface area contributed by atoms with Crippen LogP contribution in [0, 0.1) is 11.7 Å². The van der Waals surface area contributed by atoms with Crippen molar-refractivity contribution in [2.24, 2.45) is 5.92 Å². The molecule has 1 heterocycles. The molecule has 1 aromatic rings. The fraction of sp³-hybridized carbons (Fsp3) is 0.583. The molecule has 1 aromatic heterocycles. The van der Waals surface area contributed by atoms with E-state index >= 15 is 0 Å². The minimum atomic E-state index is -0.264. The molecular formula is C12H18BrFN2. The van der Waals surface area contributed by atoms with Crippen molar-refractivity contribution >= 4 is 21.7 Å². The molecular weight excluding hydrogens is 271 g/mol. The van der Waals surface area contributed by atoms with E-state index in [1.165, 1.54) is 6.07 Å². The minimum Gasteiger partial charge on any atom is -0.354 e. The number of hydrogen-bond donors (Lipinski definition) is 0. The first-order valence-corrected chi connectivity index (χ1v) is 6.43. The second-order valence-corrected chi connectivity index (χ2v) is 4.93. The highest BCUT2D eigenvalue weighted by molar-refractivity contribution is 9.10. The van der Waals surface area contributed by atoms with Gasteiger partial charge in [0.25, 0.3) is 0 Å². The highest BCUT2D eigenvalue weighted by Gasteiger charge is 2.14. The lowest BCUT2D eigenvalue weighted by Gasteiger charge is -2.25. The summed E-state index contributed by atoms with van der Waals surface area (Å²) in [7, 11) is 0. The van der Waals surface area contributed by atoms with Crippen molar-refractivity contribution in [3.63, 3.8) is 0 Å². The standard InChI is InChI=1S/C12H18BrFN2/c1-4-9(3)8-16(5-2)12-11(14)6-10(13)7-15-12/h6-7,9H,4-5,8H2,1-3H3. The summed E-state index contributed by atoms with van der Waals surface area (Å²) in [5, 5.41) is 0. The largest absolute Gasteiger partial charge is 0.354 e. The molecule has 0 saturated heterocycles. The first-order valence-electron chi connectivity index (χ1n) is 5.64. The maximum absolute atomic E-state index is 13.7. The van der Waals surface area contributed by atoms with Crippen LogP contribution in [0.5, 0.6) is 0 Å². The van der Waals surface area contributed by atoms with Crippen molar-refractivity contribution < 1.29 is 4.39 Å². The fourth-order valence-electron chi connectivity index (χ4n) is 1.51. The molecule has 0 N–H and O–H groups in total. The lowest BCUT2D eigenvalue weighted by Crippen LogP contribution is -2.29. The molecule has 0 bridgehead atoms. The molecule has 16 heavy (non-hydrogen) atoms. The van der Waals surface area contributed by atoms with Gasteiger partial charge in [0.2, 0.25) is 0 Å². The van der Waals surface area contributed by atoms with E-state index in [2.05, 4.69) is 34.8 Å². The third-order valence-electron chi connectivity index (χ3n) is 2.70. The Hall–Kier alpha value is -0.640. The monoisotopic (exact) mass is 288 g/mol. The van der Waals surface area contributed by atoms with E-state index in [1.807, 2.05) is 11.8 Å². The zero-order valence-corrected chi connectivity index (χ0v) is 11.6. The van der Waals surface area contributed by atoms with Gasteiger partial charge in [0.15, 0.2) is 11.6 Å². The molecule has 0 fully saturated rings. The van der Waals surface area contributed by atoms with Gasteiger partial charge >= 0.3 is 0 Å². The van der Waals surface area contributed by atoms with Crippen molar-refractivity contribution in [2.45, 2.75) is 27.2 Å². The molecule has 0 saturated carbocycles. The second-order valence-electron chi connectivity index (χ2n) is 4.01. The molecule has 0 aliphatic carbocycles. The number of rotatable bonds is 5. The number of nitrogens with zero attached hydrogens (tertiary/aromatic N) is 2. The lowest BCUT2D eigenvalue weighted by molar-refractivity contribution is 0.533. The highest BCUT2D eigenvalue weighted by atomic mass is 79.9. The van der Waals surface area contributed by atoms with Gasteiger partial charge in [-0.25, -0.2) is 9.37 Å². The van der Waals surface area contributed by atoms with Gasteiger partial charge in [0.1, 0.15) is 0 Å². The number of hydrogen-bond acceptors (Lipinski definition) is 2. The van der Waals surface area contributed by atoms with Gasteiger partial charge in [0, 0.05) is 23.8 Å². The third-order valence-corrected chi connectivity index (χ3v) is 3.13. The van der Waals surface area contributed by atoms with E-state index in [-0.39, 0.29) is 5.82 Å². The van der Waals surface area contributed by atoms with Crippen molar-refractivity contribution in [1.82, 2.24) is 4.98 Å². The molecule has 0 amide bonds. The van der Waals surface area contributed by atoms with Crippen LogP contribution in [-0.2, 0) is 0 Å². The maximum atomic E-state index is 13.7. The Morgan fingerprint density at radius 1 is 1.50 bits per heavy atom. The molecule has 1 unspecified atom stereocenters. The van der Waals surface area contributed by atoms with Crippen LogP contribution in [0.1, 0.15) is 27.2 Å². The fourth-order valence-corrected chi connectivity index (χ4v) is 1.81. The number of pyridine rings is 1. The molecule has 90 valence electrons. The zero-order valence-electron chi connectivity index (χ0n) is 10.0. The molecule has 4 heteroatoms. The summed E-state index contributed by atoms with van der Waals surface area (Å²) in [6.07, 6.45) is 2.73. The second kappa shape index (κ2) is 6.18. The van der Waals surface area contributed by atoms with Gasteiger partial charge in [-0.3, -0.25) is 0 Å². The van der Waals surface area contributed by atoms with E-state index in [9.17, 15) is 4.39 Å². The third kappa shape index (κ3) is 3.44. The number of halogens is 2. The Morgan fingerprint density at radius 3 is 2.69 bits per heavy atom. The minimum absolute atomic E-state index is 0.264.